The molecule has 6 saturated heterocycles. The number of rotatable bonds is 18. The molecule has 3 amide bonds. The summed E-state index contributed by atoms with van der Waals surface area (Å²) in [6.07, 6.45) is 12.9. The number of hydrogen-bond donors (Lipinski definition) is 3. The summed E-state index contributed by atoms with van der Waals surface area (Å²) in [5, 5.41) is 32.8. The van der Waals surface area contributed by atoms with Gasteiger partial charge in [0.25, 0.3) is 0 Å². The number of nitrogens with zero attached hydrogens (tertiary/aromatic N) is 12. The van der Waals surface area contributed by atoms with Gasteiger partial charge in [-0.05, 0) is 222 Å². The van der Waals surface area contributed by atoms with Crippen molar-refractivity contribution in [1.82, 2.24) is 58.8 Å². The number of hydrogen-bond acceptors (Lipinski definition) is 15. The van der Waals surface area contributed by atoms with Gasteiger partial charge in [0.15, 0.2) is 0 Å². The van der Waals surface area contributed by atoms with Crippen LogP contribution in [0, 0.1) is 34.0 Å². The number of amides is 3. The van der Waals surface area contributed by atoms with Crippen LogP contribution in [0.2, 0.25) is 50.6 Å². The van der Waals surface area contributed by atoms with Gasteiger partial charge in [-0.3, -0.25) is 44.0 Å². The maximum absolute atomic E-state index is 13.6. The van der Waals surface area contributed by atoms with Crippen LogP contribution >= 0.6 is 69.6 Å². The van der Waals surface area contributed by atoms with Crippen LogP contribution in [-0.4, -0.2) is 229 Å². The number of halogens is 6. The van der Waals surface area contributed by atoms with Gasteiger partial charge in [-0.1, -0.05) is 191 Å². The Balaban J connectivity index is 0.000000234. The molecule has 3 aromatic carbocycles. The SMILES string of the molecule is C.C.C.CB(O)N1CCC(CC(=O)N2CCN(C(c3ccc(Cl)c(Cl)c3)c3ccccn3)C[C@@H]2C(C)(C)C)CC1.CB(O)N1CCC(CC(=O)N2CCN(C(c3ccc(Cl)c(Cl)c3)c3ccccn3)C[C@@H]2C(C)(C)C)CC1.CB(O)N1CCC(CC(=O)N2CCN(C(c3ccc(Cl)c(Cl)c3)c3ccccn3)C[C@@H]2C(C)(C)C)CC1. The number of aromatic nitrogens is 3. The highest BCUT2D eigenvalue weighted by molar-refractivity contribution is 6.46. The van der Waals surface area contributed by atoms with Crippen LogP contribution in [0.15, 0.2) is 128 Å². The average Bonchev–Trinajstić information content (AvgIpc) is 0.785. The highest BCUT2D eigenvalue weighted by Gasteiger charge is 2.46. The molecular formula is C87H129B3Cl6N12O6. The third-order valence-electron chi connectivity index (χ3n) is 23.9. The van der Waals surface area contributed by atoms with Crippen molar-refractivity contribution in [2.24, 2.45) is 34.0 Å². The van der Waals surface area contributed by atoms with Crippen LogP contribution in [0.4, 0.5) is 0 Å². The zero-order chi connectivity index (χ0) is 80.2. The standard InChI is InChI=1S/3C28H39BCl2N4O2.3CH4/c3*1-28(2,3)25-19-33(15-16-35(25)26(36)17-20-10-13-34(14-11-20)29(4)37)27(24-7-5-6-12-32-24)21-8-9-22(30)23(31)18-21;;;/h3*5-9,12,18,20,25,27,37H,10-11,13-17,19H2,1-4H3;3*1H4/t3*25-,27?;;;/m111.../s1. The van der Waals surface area contributed by atoms with E-state index < -0.39 is 21.2 Å². The molecule has 12 rings (SSSR count). The van der Waals surface area contributed by atoms with Crippen LogP contribution in [0.3, 0.4) is 0 Å². The van der Waals surface area contributed by atoms with Crippen molar-refractivity contribution in [2.45, 2.75) is 199 Å². The van der Waals surface area contributed by atoms with E-state index in [1.807, 2.05) is 130 Å². The van der Waals surface area contributed by atoms with Crippen molar-refractivity contribution in [3.8, 4) is 0 Å². The average molecular weight is 1680 g/mol. The summed E-state index contributed by atoms with van der Waals surface area (Å²) in [6.45, 7) is 37.0. The first-order valence-electron chi connectivity index (χ1n) is 40.1. The number of carbonyl (C=O) groups excluding carboxylic acids is 3. The zero-order valence-electron chi connectivity index (χ0n) is 67.2. The molecule has 27 heteroatoms. The van der Waals surface area contributed by atoms with Gasteiger partial charge in [0.05, 0.1) is 65.3 Å². The van der Waals surface area contributed by atoms with Gasteiger partial charge in [-0.2, -0.15) is 0 Å². The highest BCUT2D eigenvalue weighted by atomic mass is 35.5. The van der Waals surface area contributed by atoms with Gasteiger partial charge in [0, 0.05) is 115 Å². The smallest absolute Gasteiger partial charge is 0.376 e. The van der Waals surface area contributed by atoms with E-state index in [1.54, 1.807) is 0 Å². The Morgan fingerprint density at radius 1 is 0.368 bits per heavy atom. The van der Waals surface area contributed by atoms with Crippen LogP contribution in [-0.2, 0) is 14.4 Å². The molecule has 0 spiro atoms. The molecule has 6 aliphatic heterocycles. The van der Waals surface area contributed by atoms with Crippen molar-refractivity contribution in [1.29, 1.82) is 0 Å². The normalized spacial score (nSPS) is 20.6. The molecule has 0 bridgehead atoms. The maximum atomic E-state index is 13.6. The lowest BCUT2D eigenvalue weighted by Gasteiger charge is -2.49. The van der Waals surface area contributed by atoms with Gasteiger partial charge in [0.1, 0.15) is 0 Å². The van der Waals surface area contributed by atoms with Crippen molar-refractivity contribution in [3.05, 3.63) is 192 Å². The van der Waals surface area contributed by atoms with E-state index in [0.717, 1.165) is 151 Å². The topological polar surface area (TPSA) is 180 Å². The molecule has 6 aliphatic rings. The minimum atomic E-state index is -0.419. The van der Waals surface area contributed by atoms with E-state index in [2.05, 4.69) is 124 Å². The van der Waals surface area contributed by atoms with Gasteiger partial charge >= 0.3 is 21.2 Å². The quantitative estimate of drug-likeness (QED) is 0.0691. The second-order valence-corrected chi connectivity index (χ2v) is 37.3. The molecule has 3 aromatic heterocycles. The third kappa shape index (κ3) is 25.6. The Labute approximate surface area is 714 Å². The molecule has 18 nitrogen and oxygen atoms in total. The Morgan fingerprint density at radius 2 is 0.605 bits per heavy atom. The predicted molar refractivity (Wildman–Crippen MR) is 476 cm³/mol. The lowest BCUT2D eigenvalue weighted by Crippen LogP contribution is -2.60. The largest absolute Gasteiger partial charge is 0.437 e. The summed E-state index contributed by atoms with van der Waals surface area (Å²) in [5.74, 6) is 1.87. The van der Waals surface area contributed by atoms with E-state index in [-0.39, 0.29) is 92.5 Å². The second-order valence-electron chi connectivity index (χ2n) is 34.8. The lowest BCUT2D eigenvalue weighted by molar-refractivity contribution is -0.142. The fraction of sp³-hybridized carbons (Fsp3) is 0.586. The Kier molecular flexibility index (Phi) is 36.6. The molecule has 0 radical (unpaired) electrons. The van der Waals surface area contributed by atoms with E-state index in [9.17, 15) is 29.5 Å². The van der Waals surface area contributed by atoms with Crippen LogP contribution in [0.25, 0.3) is 0 Å². The fourth-order valence-corrected chi connectivity index (χ4v) is 18.2. The number of benzene rings is 3. The van der Waals surface area contributed by atoms with Crippen LogP contribution in [0.1, 0.15) is 194 Å². The number of carbonyl (C=O) groups is 3. The molecule has 9 heterocycles. The van der Waals surface area contributed by atoms with Gasteiger partial charge < -0.3 is 44.2 Å². The minimum absolute atomic E-state index is 0. The van der Waals surface area contributed by atoms with Gasteiger partial charge in [-0.15, -0.1) is 0 Å². The van der Waals surface area contributed by atoms with E-state index in [0.29, 0.717) is 86.8 Å². The van der Waals surface area contributed by atoms with Crippen molar-refractivity contribution in [2.75, 3.05) is 98.2 Å². The molecule has 624 valence electrons. The molecular weight excluding hydrogens is 1550 g/mol. The summed E-state index contributed by atoms with van der Waals surface area (Å²) in [5.41, 5.74) is 5.75. The summed E-state index contributed by atoms with van der Waals surface area (Å²) in [4.78, 5) is 74.9. The molecule has 6 fully saturated rings. The highest BCUT2D eigenvalue weighted by Crippen LogP contribution is 2.42. The molecule has 6 aromatic rings. The molecule has 0 aliphatic carbocycles. The van der Waals surface area contributed by atoms with E-state index >= 15 is 0 Å². The zero-order valence-corrected chi connectivity index (χ0v) is 71.8. The number of pyridine rings is 3. The third-order valence-corrected chi connectivity index (χ3v) is 26.1. The van der Waals surface area contributed by atoms with Crippen molar-refractivity contribution < 1.29 is 29.5 Å². The predicted octanol–water partition coefficient (Wildman–Crippen LogP) is 17.7. The Morgan fingerprint density at radius 3 is 0.798 bits per heavy atom. The first-order valence-corrected chi connectivity index (χ1v) is 42.3. The summed E-state index contributed by atoms with van der Waals surface area (Å²) in [7, 11) is -1.26. The Hall–Kier alpha value is -4.91. The van der Waals surface area contributed by atoms with Gasteiger partial charge in [-0.25, -0.2) is 0 Å². The molecule has 0 saturated carbocycles. The summed E-state index contributed by atoms with van der Waals surface area (Å²) in [6, 6.07) is 35.4. The summed E-state index contributed by atoms with van der Waals surface area (Å²) >= 11 is 38.0. The maximum Gasteiger partial charge on any atom is 0.376 e. The molecule has 3 N–H and O–H groups in total. The number of piperazine rings is 3. The number of piperidine rings is 3. The first-order chi connectivity index (χ1) is 52.6. The fourth-order valence-electron chi connectivity index (χ4n) is 17.3. The first kappa shape index (κ1) is 96.2. The van der Waals surface area contributed by atoms with Crippen molar-refractivity contribution in [3.63, 3.8) is 0 Å². The molecule has 6 atom stereocenters. The lowest BCUT2D eigenvalue weighted by atomic mass is 9.80. The van der Waals surface area contributed by atoms with E-state index in [4.69, 9.17) is 84.6 Å². The molecule has 114 heavy (non-hydrogen) atoms. The Bertz CT molecular complexity index is 3580. The summed E-state index contributed by atoms with van der Waals surface area (Å²) < 4.78 is 0. The monoisotopic (exact) mass is 1680 g/mol. The van der Waals surface area contributed by atoms with Crippen LogP contribution in [0.5, 0.6) is 0 Å². The molecule has 3 unspecified atom stereocenters. The van der Waals surface area contributed by atoms with Crippen molar-refractivity contribution >= 4 is 108 Å². The van der Waals surface area contributed by atoms with Gasteiger partial charge in [0.2, 0.25) is 17.7 Å². The van der Waals surface area contributed by atoms with Crippen LogP contribution < -0.4 is 0 Å². The minimum Gasteiger partial charge on any atom is -0.437 e. The second kappa shape index (κ2) is 43.4. The van der Waals surface area contributed by atoms with E-state index in [1.165, 1.54) is 0 Å².